The van der Waals surface area contributed by atoms with Gasteiger partial charge < -0.3 is 14.9 Å². The Morgan fingerprint density at radius 1 is 1.03 bits per heavy atom. The van der Waals surface area contributed by atoms with Crippen LogP contribution in [0.2, 0.25) is 0 Å². The molecular weight excluding hydrogens is 440 g/mol. The summed E-state index contributed by atoms with van der Waals surface area (Å²) in [6.45, 7) is 14.8. The topological polar surface area (TPSA) is 83.8 Å². The number of carbonyl (C=O) groups is 2. The number of allylic oxidation sites excluding steroid dienone is 2. The highest BCUT2D eigenvalue weighted by atomic mass is 16.6. The van der Waals surface area contributed by atoms with Crippen molar-refractivity contribution in [2.45, 2.75) is 118 Å². The lowest BCUT2D eigenvalue weighted by atomic mass is 9.41. The molecular formula is C30H46O5. The largest absolute Gasteiger partial charge is 0.456 e. The minimum Gasteiger partial charge on any atom is -0.456 e. The fourth-order valence-electron chi connectivity index (χ4n) is 9.91. The molecule has 35 heavy (non-hydrogen) atoms. The highest BCUT2D eigenvalue weighted by Gasteiger charge is 2.66. The first-order chi connectivity index (χ1) is 16.1. The Balaban J connectivity index is 1.46. The smallest absolute Gasteiger partial charge is 0.309 e. The Morgan fingerprint density at radius 2 is 1.71 bits per heavy atom. The highest BCUT2D eigenvalue weighted by molar-refractivity contribution is 5.85. The van der Waals surface area contributed by atoms with Gasteiger partial charge >= 0.3 is 5.97 Å². The van der Waals surface area contributed by atoms with Crippen LogP contribution in [0.4, 0.5) is 0 Å². The number of rotatable bonds is 2. The van der Waals surface area contributed by atoms with Gasteiger partial charge in [-0.15, -0.1) is 0 Å². The van der Waals surface area contributed by atoms with Crippen molar-refractivity contribution in [2.75, 3.05) is 0 Å². The van der Waals surface area contributed by atoms with Gasteiger partial charge in [-0.1, -0.05) is 46.3 Å². The van der Waals surface area contributed by atoms with E-state index in [4.69, 9.17) is 4.74 Å². The van der Waals surface area contributed by atoms with Crippen LogP contribution in [-0.2, 0) is 14.3 Å². The van der Waals surface area contributed by atoms with Crippen LogP contribution in [0.5, 0.6) is 0 Å². The van der Waals surface area contributed by atoms with Gasteiger partial charge in [0, 0.05) is 11.8 Å². The van der Waals surface area contributed by atoms with Gasteiger partial charge in [0.25, 0.3) is 0 Å². The molecule has 2 N–H and O–H groups in total. The molecule has 1 saturated heterocycles. The molecule has 0 spiro atoms. The molecule has 5 rings (SSSR count). The van der Waals surface area contributed by atoms with E-state index in [1.165, 1.54) is 0 Å². The molecule has 0 aromatic heterocycles. The van der Waals surface area contributed by atoms with Crippen LogP contribution in [0, 0.1) is 45.3 Å². The van der Waals surface area contributed by atoms with E-state index in [1.807, 2.05) is 0 Å². The van der Waals surface area contributed by atoms with Crippen LogP contribution in [-0.4, -0.2) is 39.8 Å². The molecule has 0 amide bonds. The van der Waals surface area contributed by atoms with E-state index in [9.17, 15) is 19.8 Å². The van der Waals surface area contributed by atoms with Crippen molar-refractivity contribution >= 4 is 11.8 Å². The van der Waals surface area contributed by atoms with E-state index < -0.39 is 17.8 Å². The standard InChI is InChI=1S/C30H46O5/c1-26(2)22-9-8-20-19(28(22,5)13-12-23(26)32)11-15-29(6)18(10-14-30(20,29)7)17-16-21(31)24(27(3,4)34)35-25(17)33/h8,17-19,21-22,24,31,34H,9-16H2,1-7H3/t17-,18-,19-,21-,22-,24+,28+,29-,30+/m0/s1. The van der Waals surface area contributed by atoms with Crippen molar-refractivity contribution < 1.29 is 24.5 Å². The zero-order valence-electron chi connectivity index (χ0n) is 22.8. The van der Waals surface area contributed by atoms with Gasteiger partial charge in [-0.25, -0.2) is 0 Å². The van der Waals surface area contributed by atoms with Crippen LogP contribution in [0.3, 0.4) is 0 Å². The van der Waals surface area contributed by atoms with Crippen LogP contribution >= 0.6 is 0 Å². The average Bonchev–Trinajstić information content (AvgIpc) is 3.03. The minimum absolute atomic E-state index is 0.0124. The van der Waals surface area contributed by atoms with Crippen molar-refractivity contribution in [3.8, 4) is 0 Å². The summed E-state index contributed by atoms with van der Waals surface area (Å²) in [5.74, 6) is 0.881. The second-order valence-corrected chi connectivity index (χ2v) is 14.5. The minimum atomic E-state index is -1.26. The molecule has 0 bridgehead atoms. The van der Waals surface area contributed by atoms with Crippen LogP contribution in [0.25, 0.3) is 0 Å². The maximum absolute atomic E-state index is 13.2. The molecule has 5 heteroatoms. The summed E-state index contributed by atoms with van der Waals surface area (Å²) in [5.41, 5.74) is 0.164. The van der Waals surface area contributed by atoms with E-state index in [1.54, 1.807) is 19.4 Å². The van der Waals surface area contributed by atoms with Crippen molar-refractivity contribution in [1.82, 2.24) is 0 Å². The fourth-order valence-corrected chi connectivity index (χ4v) is 9.91. The summed E-state index contributed by atoms with van der Waals surface area (Å²) < 4.78 is 5.69. The second-order valence-electron chi connectivity index (χ2n) is 14.5. The number of hydrogen-bond acceptors (Lipinski definition) is 5. The Morgan fingerprint density at radius 3 is 2.37 bits per heavy atom. The summed E-state index contributed by atoms with van der Waals surface area (Å²) in [6.07, 6.45) is 7.94. The average molecular weight is 487 g/mol. The van der Waals surface area contributed by atoms with Gasteiger partial charge in [-0.3, -0.25) is 9.59 Å². The number of aliphatic hydroxyl groups is 2. The molecule has 5 aliphatic rings. The first-order valence-electron chi connectivity index (χ1n) is 13.9. The van der Waals surface area contributed by atoms with Crippen LogP contribution in [0.15, 0.2) is 11.6 Å². The zero-order chi connectivity index (χ0) is 25.8. The quantitative estimate of drug-likeness (QED) is 0.413. The first-order valence-corrected chi connectivity index (χ1v) is 13.9. The van der Waals surface area contributed by atoms with Gasteiger partial charge in [-0.2, -0.15) is 0 Å². The van der Waals surface area contributed by atoms with Crippen molar-refractivity contribution in [2.24, 2.45) is 45.3 Å². The van der Waals surface area contributed by atoms with E-state index in [2.05, 4.69) is 40.7 Å². The molecule has 196 valence electrons. The van der Waals surface area contributed by atoms with Gasteiger partial charge in [-0.05, 0) is 92.8 Å². The third kappa shape index (κ3) is 3.32. The molecule has 0 unspecified atom stereocenters. The Hall–Kier alpha value is -1.20. The van der Waals surface area contributed by atoms with Crippen molar-refractivity contribution in [3.63, 3.8) is 0 Å². The maximum Gasteiger partial charge on any atom is 0.309 e. The molecule has 5 nitrogen and oxygen atoms in total. The molecule has 0 aromatic rings. The molecule has 1 heterocycles. The van der Waals surface area contributed by atoms with Crippen LogP contribution in [0.1, 0.15) is 99.8 Å². The zero-order valence-corrected chi connectivity index (χ0v) is 22.8. The van der Waals surface area contributed by atoms with E-state index in [0.717, 1.165) is 38.5 Å². The summed E-state index contributed by atoms with van der Waals surface area (Å²) >= 11 is 0. The number of carbonyl (C=O) groups excluding carboxylic acids is 2. The summed E-state index contributed by atoms with van der Waals surface area (Å²) in [7, 11) is 0. The van der Waals surface area contributed by atoms with E-state index >= 15 is 0 Å². The van der Waals surface area contributed by atoms with Crippen molar-refractivity contribution in [1.29, 1.82) is 0 Å². The van der Waals surface area contributed by atoms with Crippen molar-refractivity contribution in [3.05, 3.63) is 11.6 Å². The number of cyclic esters (lactones) is 1. The number of ether oxygens (including phenoxy) is 1. The fraction of sp³-hybridized carbons (Fsp3) is 0.867. The Kier molecular flexibility index (Phi) is 5.57. The molecule has 0 aromatic carbocycles. The normalized spacial score (nSPS) is 49.5. The summed E-state index contributed by atoms with van der Waals surface area (Å²) in [4.78, 5) is 26.1. The molecule has 1 aliphatic heterocycles. The summed E-state index contributed by atoms with van der Waals surface area (Å²) in [6, 6.07) is 0. The predicted molar refractivity (Wildman–Crippen MR) is 134 cm³/mol. The first kappa shape index (κ1) is 25.4. The lowest BCUT2D eigenvalue weighted by Crippen LogP contribution is -2.58. The molecule has 3 saturated carbocycles. The van der Waals surface area contributed by atoms with E-state index in [-0.39, 0.29) is 39.5 Å². The Bertz CT molecular complexity index is 958. The molecule has 9 atom stereocenters. The lowest BCUT2D eigenvalue weighted by Gasteiger charge is -2.63. The number of esters is 1. The number of hydrogen-bond donors (Lipinski definition) is 2. The Labute approximate surface area is 211 Å². The van der Waals surface area contributed by atoms with E-state index in [0.29, 0.717) is 30.5 Å². The maximum atomic E-state index is 13.2. The third-order valence-electron chi connectivity index (χ3n) is 12.2. The number of fused-ring (bicyclic) bond motifs is 5. The second kappa shape index (κ2) is 7.66. The number of Topliss-reactive ketones (excluding diaryl/α,β-unsaturated/α-hetero) is 1. The molecule has 0 radical (unpaired) electrons. The SMILES string of the molecule is CC(C)(O)[C@@H]1OC(=O)[C@H]([C@@H]2CC[C@]3(C)C4=CC[C@H]5C(C)(C)C(=O)CC[C@]5(C)[C@H]4CC[C@@]23C)C[C@@H]1O. The number of ketones is 1. The molecule has 4 fully saturated rings. The highest BCUT2D eigenvalue weighted by Crippen LogP contribution is 2.73. The van der Waals surface area contributed by atoms with Gasteiger partial charge in [0.05, 0.1) is 17.6 Å². The lowest BCUT2D eigenvalue weighted by molar-refractivity contribution is -0.202. The third-order valence-corrected chi connectivity index (χ3v) is 12.2. The van der Waals surface area contributed by atoms with Gasteiger partial charge in [0.1, 0.15) is 5.78 Å². The van der Waals surface area contributed by atoms with Gasteiger partial charge in [0.2, 0.25) is 0 Å². The predicted octanol–water partition coefficient (Wildman–Crippen LogP) is 5.22. The summed E-state index contributed by atoms with van der Waals surface area (Å²) in [5, 5.41) is 21.2. The number of aliphatic hydroxyl groups excluding tert-OH is 1. The monoisotopic (exact) mass is 486 g/mol. The molecule has 4 aliphatic carbocycles. The van der Waals surface area contributed by atoms with Gasteiger partial charge in [0.15, 0.2) is 6.10 Å². The van der Waals surface area contributed by atoms with Crippen LogP contribution < -0.4 is 0 Å².